The van der Waals surface area contributed by atoms with Crippen molar-refractivity contribution >= 4 is 47.5 Å². The van der Waals surface area contributed by atoms with Gasteiger partial charge in [-0.05, 0) is 93.2 Å². The zero-order valence-corrected chi connectivity index (χ0v) is 44.9. The van der Waals surface area contributed by atoms with Crippen molar-refractivity contribution < 1.29 is 62.4 Å². The summed E-state index contributed by atoms with van der Waals surface area (Å²) >= 11 is 0. The molecule has 19 nitrogen and oxygen atoms in total. The van der Waals surface area contributed by atoms with Crippen LogP contribution in [0.4, 0.5) is 0 Å². The minimum atomic E-state index is -1.53. The van der Waals surface area contributed by atoms with E-state index in [9.17, 15) is 43.5 Å². The molecule has 0 unspecified atom stereocenters. The van der Waals surface area contributed by atoms with Crippen molar-refractivity contribution in [3.05, 3.63) is 52.8 Å². The molecular weight excluding hydrogens is 929 g/mol. The van der Waals surface area contributed by atoms with Crippen molar-refractivity contribution in [2.45, 2.75) is 176 Å². The molecule has 2 heterocycles. The molecule has 0 spiro atoms. The topological polar surface area (TPSA) is 224 Å². The molecule has 1 aliphatic heterocycles. The lowest BCUT2D eigenvalue weighted by atomic mass is 10.00. The number of esters is 4. The third-order valence-corrected chi connectivity index (χ3v) is 13.1. The molecule has 2 fully saturated rings. The van der Waals surface area contributed by atoms with Crippen molar-refractivity contribution in [3.8, 4) is 0 Å². The lowest BCUT2D eigenvalue weighted by Gasteiger charge is -2.34. The number of hydrogen-bond donors (Lipinski definition) is 1. The monoisotopic (exact) mass is 1010 g/mol. The molecule has 4 rings (SSSR count). The second-order valence-electron chi connectivity index (χ2n) is 21.3. The summed E-state index contributed by atoms with van der Waals surface area (Å²) in [7, 11) is 5.49. The molecule has 2 aliphatic rings. The lowest BCUT2D eigenvalue weighted by Crippen LogP contribution is -2.54. The molecule has 4 amide bonds. The summed E-state index contributed by atoms with van der Waals surface area (Å²) in [6, 6.07) is 4.33. The molecule has 1 N–H and O–H groups in total. The molecule has 1 saturated heterocycles. The number of benzene rings is 1. The predicted octanol–water partition coefficient (Wildman–Crippen LogP) is 4.67. The second-order valence-corrected chi connectivity index (χ2v) is 21.3. The molecule has 7 atom stereocenters. The van der Waals surface area contributed by atoms with Crippen LogP contribution in [0, 0.1) is 23.7 Å². The number of aliphatic hydroxyl groups excluding tert-OH is 1. The zero-order valence-electron chi connectivity index (χ0n) is 44.9. The number of carbonyl (C=O) groups excluding carboxylic acids is 8. The first-order valence-corrected chi connectivity index (χ1v) is 25.3. The van der Waals surface area contributed by atoms with Crippen LogP contribution < -0.4 is 0 Å². The fourth-order valence-corrected chi connectivity index (χ4v) is 8.77. The maximum atomic E-state index is 14.9. The quantitative estimate of drug-likeness (QED) is 0.201. The van der Waals surface area contributed by atoms with E-state index in [1.54, 1.807) is 12.1 Å². The molecule has 1 aromatic heterocycles. The van der Waals surface area contributed by atoms with Gasteiger partial charge in [0.25, 0.3) is 23.6 Å². The zero-order chi connectivity index (χ0) is 53.9. The summed E-state index contributed by atoms with van der Waals surface area (Å²) in [5.74, 6) is -6.84. The fraction of sp³-hybridized carbons (Fsp3) is 0.679. The van der Waals surface area contributed by atoms with Crippen LogP contribution in [0.3, 0.4) is 0 Å². The summed E-state index contributed by atoms with van der Waals surface area (Å²) < 4.78 is 25.1. The molecule has 0 radical (unpaired) electrons. The van der Waals surface area contributed by atoms with Gasteiger partial charge in [0.15, 0.2) is 24.9 Å². The Hall–Kier alpha value is -5.85. The van der Waals surface area contributed by atoms with Gasteiger partial charge in [0, 0.05) is 46.2 Å². The number of nitrogens with zero attached hydrogens (tertiary/aromatic N) is 6. The van der Waals surface area contributed by atoms with E-state index < -0.39 is 96.6 Å². The summed E-state index contributed by atoms with van der Waals surface area (Å²) in [4.78, 5) is 118. The van der Waals surface area contributed by atoms with Crippen molar-refractivity contribution in [1.82, 2.24) is 29.4 Å². The van der Waals surface area contributed by atoms with Gasteiger partial charge in [-0.1, -0.05) is 79.7 Å². The Morgan fingerprint density at radius 3 is 1.40 bits per heavy atom. The van der Waals surface area contributed by atoms with Crippen molar-refractivity contribution in [3.63, 3.8) is 0 Å². The Bertz CT molecular complexity index is 2200. The largest absolute Gasteiger partial charge is 0.454 e. The predicted molar refractivity (Wildman–Crippen MR) is 265 cm³/mol. The van der Waals surface area contributed by atoms with Crippen molar-refractivity contribution in [2.24, 2.45) is 23.7 Å². The van der Waals surface area contributed by atoms with Crippen LogP contribution in [0.1, 0.15) is 136 Å². The van der Waals surface area contributed by atoms with E-state index in [-0.39, 0.29) is 62.4 Å². The van der Waals surface area contributed by atoms with Gasteiger partial charge in [0.2, 0.25) is 0 Å². The van der Waals surface area contributed by atoms with Crippen LogP contribution in [0.25, 0.3) is 0 Å². The number of ether oxygens (including phenoxy) is 4. The Morgan fingerprint density at radius 1 is 0.569 bits per heavy atom. The van der Waals surface area contributed by atoms with Crippen LogP contribution >= 0.6 is 0 Å². The highest BCUT2D eigenvalue weighted by Crippen LogP contribution is 2.40. The molecule has 400 valence electrons. The van der Waals surface area contributed by atoms with Gasteiger partial charge in [-0.15, -0.1) is 0 Å². The molecule has 1 aromatic carbocycles. The second kappa shape index (κ2) is 26.2. The summed E-state index contributed by atoms with van der Waals surface area (Å²) in [5.41, 5.74) is 3.14. The average Bonchev–Trinajstić information content (AvgIpc) is 4.09. The van der Waals surface area contributed by atoms with E-state index in [0.29, 0.717) is 23.7 Å². The highest BCUT2D eigenvalue weighted by Gasteiger charge is 2.41. The molecular formula is C53H80N6O13. The van der Waals surface area contributed by atoms with Gasteiger partial charge < -0.3 is 43.7 Å². The molecule has 72 heavy (non-hydrogen) atoms. The van der Waals surface area contributed by atoms with Crippen molar-refractivity contribution in [1.29, 1.82) is 0 Å². The highest BCUT2D eigenvalue weighted by molar-refractivity contribution is 5.94. The standard InChI is InChI=1S/C53H80N6O13/c1-30(2)21-41-50(65)69-29-46(61)55(11)42(22-31(3)4)51(66)70-35(10)48(63)57(13)44(24-33(7)8)53(68)72-45(49(64)58(14)43(23-32(5)6)52(67)71-34(9)47(62)56(41)12)25-36-15-17-37(18-16-36)27-59-40(38-19-20-38)26-39(28-60)54-59/h15-18,26,30-35,38,41-45,60H,19-25,27-29H2,1-14H3/t34-,35-,41+,42+,43+,44+,45-/m1/s1. The van der Waals surface area contributed by atoms with Crippen LogP contribution in [0.15, 0.2) is 30.3 Å². The van der Waals surface area contributed by atoms with E-state index in [0.717, 1.165) is 43.7 Å². The lowest BCUT2D eigenvalue weighted by molar-refractivity contribution is -0.174. The Kier molecular flexibility index (Phi) is 21.4. The first-order valence-electron chi connectivity index (χ1n) is 25.3. The first kappa shape index (κ1) is 58.7. The van der Waals surface area contributed by atoms with Crippen LogP contribution in [-0.2, 0) is 76.9 Å². The maximum absolute atomic E-state index is 14.9. The number of aliphatic hydroxyl groups is 1. The Morgan fingerprint density at radius 2 is 0.972 bits per heavy atom. The number of cyclic esters (lactones) is 4. The van der Waals surface area contributed by atoms with Crippen LogP contribution in [0.5, 0.6) is 0 Å². The van der Waals surface area contributed by atoms with Gasteiger partial charge >= 0.3 is 23.9 Å². The molecule has 0 bridgehead atoms. The minimum Gasteiger partial charge on any atom is -0.454 e. The third-order valence-electron chi connectivity index (χ3n) is 13.1. The van der Waals surface area contributed by atoms with Gasteiger partial charge in [-0.3, -0.25) is 23.9 Å². The van der Waals surface area contributed by atoms with Gasteiger partial charge in [0.1, 0.15) is 24.2 Å². The van der Waals surface area contributed by atoms with Gasteiger partial charge in [-0.25, -0.2) is 19.2 Å². The van der Waals surface area contributed by atoms with Crippen LogP contribution in [-0.4, -0.2) is 159 Å². The van der Waals surface area contributed by atoms with E-state index in [1.807, 2.05) is 78.3 Å². The SMILES string of the molecule is CC(C)C[C@H]1C(=O)O[C@H](C)C(=O)N(C)[C@@H](CC(C)C)C(=O)O[C@H](Cc2ccc(Cn3nc(CO)cc3C3CC3)cc2)C(=O)N(C)[C@@H](CC(C)C)C(=O)O[C@H](C)C(=O)N(C)[C@@H](CC(C)C)C(=O)OCC(=O)N1C. The smallest absolute Gasteiger partial charge is 0.329 e. The molecule has 2 aromatic rings. The van der Waals surface area contributed by atoms with Crippen LogP contribution in [0.2, 0.25) is 0 Å². The average molecular weight is 1010 g/mol. The van der Waals surface area contributed by atoms with E-state index in [1.165, 1.54) is 42.0 Å². The summed E-state index contributed by atoms with van der Waals surface area (Å²) in [6.45, 7) is 16.9. The first-order chi connectivity index (χ1) is 33.7. The summed E-state index contributed by atoms with van der Waals surface area (Å²) in [6.07, 6.45) is -2.03. The van der Waals surface area contributed by atoms with E-state index in [4.69, 9.17) is 18.9 Å². The molecule has 19 heteroatoms. The Balaban J connectivity index is 1.79. The number of hydrogen-bond acceptors (Lipinski definition) is 14. The molecule has 1 aliphatic carbocycles. The van der Waals surface area contributed by atoms with E-state index in [2.05, 4.69) is 5.10 Å². The number of carbonyl (C=O) groups is 8. The summed E-state index contributed by atoms with van der Waals surface area (Å²) in [5, 5.41) is 14.4. The van der Waals surface area contributed by atoms with Gasteiger partial charge in [-0.2, -0.15) is 5.10 Å². The highest BCUT2D eigenvalue weighted by atomic mass is 16.6. The minimum absolute atomic E-state index is 0.0913. The number of rotatable bonds is 14. The number of amides is 4. The third kappa shape index (κ3) is 16.1. The van der Waals surface area contributed by atoms with Gasteiger partial charge in [0.05, 0.1) is 18.8 Å². The normalized spacial score (nSPS) is 24.6. The number of aromatic nitrogens is 2. The molecule has 1 saturated carbocycles. The fourth-order valence-electron chi connectivity index (χ4n) is 8.77. The van der Waals surface area contributed by atoms with Crippen molar-refractivity contribution in [2.75, 3.05) is 34.8 Å². The van der Waals surface area contributed by atoms with E-state index >= 15 is 0 Å². The Labute approximate surface area is 425 Å². The number of likely N-dealkylation sites (N-methyl/N-ethyl adjacent to an activating group) is 4. The maximum Gasteiger partial charge on any atom is 0.329 e.